The number of benzene rings is 1. The number of sulfonamides is 1. The highest BCUT2D eigenvalue weighted by Crippen LogP contribution is 2.24. The normalized spacial score (nSPS) is 17.7. The van der Waals surface area contributed by atoms with Crippen LogP contribution in [0.15, 0.2) is 24.3 Å². The molecule has 1 heterocycles. The Hall–Kier alpha value is -2.13. The van der Waals surface area contributed by atoms with E-state index in [4.69, 9.17) is 9.47 Å². The SMILES string of the molecule is CCCS(=O)(=O)N1CCCC1C(=O)OCC(=O)Nc1ccccc1OC. The van der Waals surface area contributed by atoms with Gasteiger partial charge in [0.25, 0.3) is 5.91 Å². The van der Waals surface area contributed by atoms with Crippen molar-refractivity contribution < 1.29 is 27.5 Å². The lowest BCUT2D eigenvalue weighted by atomic mass is 10.2. The van der Waals surface area contributed by atoms with E-state index in [2.05, 4.69) is 5.32 Å². The number of anilines is 1. The van der Waals surface area contributed by atoms with Gasteiger partial charge in [-0.1, -0.05) is 19.1 Å². The first kappa shape index (κ1) is 20.2. The van der Waals surface area contributed by atoms with Gasteiger partial charge in [-0.05, 0) is 31.4 Å². The van der Waals surface area contributed by atoms with Gasteiger partial charge in [0.15, 0.2) is 6.61 Å². The molecule has 26 heavy (non-hydrogen) atoms. The minimum Gasteiger partial charge on any atom is -0.495 e. The van der Waals surface area contributed by atoms with E-state index in [0.29, 0.717) is 37.2 Å². The average molecular weight is 384 g/mol. The van der Waals surface area contributed by atoms with Crippen LogP contribution < -0.4 is 10.1 Å². The molecule has 1 N–H and O–H groups in total. The molecule has 1 aliphatic rings. The van der Waals surface area contributed by atoms with E-state index in [1.807, 2.05) is 0 Å². The quantitative estimate of drug-likeness (QED) is 0.680. The number of hydrogen-bond acceptors (Lipinski definition) is 6. The van der Waals surface area contributed by atoms with Crippen LogP contribution in [0.5, 0.6) is 5.75 Å². The second kappa shape index (κ2) is 9.00. The molecule has 0 aromatic heterocycles. The number of para-hydroxylation sites is 2. The maximum absolute atomic E-state index is 12.3. The van der Waals surface area contributed by atoms with Gasteiger partial charge in [-0.3, -0.25) is 9.59 Å². The molecule has 0 radical (unpaired) electrons. The molecule has 0 saturated carbocycles. The monoisotopic (exact) mass is 384 g/mol. The van der Waals surface area contributed by atoms with Gasteiger partial charge in [-0.15, -0.1) is 0 Å². The van der Waals surface area contributed by atoms with E-state index in [0.717, 1.165) is 0 Å². The lowest BCUT2D eigenvalue weighted by Crippen LogP contribution is -2.43. The summed E-state index contributed by atoms with van der Waals surface area (Å²) in [7, 11) is -2.00. The highest BCUT2D eigenvalue weighted by Gasteiger charge is 2.39. The van der Waals surface area contributed by atoms with Crippen molar-refractivity contribution in [3.63, 3.8) is 0 Å². The topological polar surface area (TPSA) is 102 Å². The highest BCUT2D eigenvalue weighted by atomic mass is 32.2. The first-order valence-corrected chi connectivity index (χ1v) is 10.1. The minimum absolute atomic E-state index is 0.00886. The summed E-state index contributed by atoms with van der Waals surface area (Å²) in [4.78, 5) is 24.3. The maximum atomic E-state index is 12.3. The van der Waals surface area contributed by atoms with E-state index in [1.165, 1.54) is 11.4 Å². The zero-order valence-electron chi connectivity index (χ0n) is 14.9. The van der Waals surface area contributed by atoms with Crippen molar-refractivity contribution >= 4 is 27.6 Å². The molecule has 0 bridgehead atoms. The predicted molar refractivity (Wildman–Crippen MR) is 96.4 cm³/mol. The third-order valence-electron chi connectivity index (χ3n) is 4.02. The molecule has 1 aliphatic heterocycles. The second-order valence-electron chi connectivity index (χ2n) is 5.94. The molecule has 8 nitrogen and oxygen atoms in total. The second-order valence-corrected chi connectivity index (χ2v) is 7.98. The van der Waals surface area contributed by atoms with Gasteiger partial charge in [-0.25, -0.2) is 8.42 Å². The zero-order valence-corrected chi connectivity index (χ0v) is 15.8. The van der Waals surface area contributed by atoms with Gasteiger partial charge < -0.3 is 14.8 Å². The molecule has 0 spiro atoms. The number of carbonyl (C=O) groups is 2. The zero-order chi connectivity index (χ0) is 19.2. The van der Waals surface area contributed by atoms with Gasteiger partial charge in [0.2, 0.25) is 10.0 Å². The van der Waals surface area contributed by atoms with Crippen molar-refractivity contribution in [3.8, 4) is 5.75 Å². The van der Waals surface area contributed by atoms with Crippen molar-refractivity contribution in [2.45, 2.75) is 32.2 Å². The number of ether oxygens (including phenoxy) is 2. The van der Waals surface area contributed by atoms with Gasteiger partial charge in [0.05, 0.1) is 18.6 Å². The molecule has 1 amide bonds. The Morgan fingerprint density at radius 1 is 1.31 bits per heavy atom. The fourth-order valence-electron chi connectivity index (χ4n) is 2.85. The summed E-state index contributed by atoms with van der Waals surface area (Å²) >= 11 is 0. The number of amides is 1. The van der Waals surface area contributed by atoms with E-state index in [1.54, 1.807) is 31.2 Å². The van der Waals surface area contributed by atoms with Crippen LogP contribution in [-0.2, 0) is 24.3 Å². The summed E-state index contributed by atoms with van der Waals surface area (Å²) in [5.41, 5.74) is 0.462. The van der Waals surface area contributed by atoms with Crippen molar-refractivity contribution in [1.82, 2.24) is 4.31 Å². The molecular weight excluding hydrogens is 360 g/mol. The number of nitrogens with zero attached hydrogens (tertiary/aromatic N) is 1. The Bertz CT molecular complexity index is 749. The summed E-state index contributed by atoms with van der Waals surface area (Å²) in [6, 6.07) is 6.00. The first-order chi connectivity index (χ1) is 12.4. The molecule has 1 saturated heterocycles. The molecule has 1 fully saturated rings. The number of esters is 1. The Kier molecular flexibility index (Phi) is 6.98. The van der Waals surface area contributed by atoms with Crippen LogP contribution >= 0.6 is 0 Å². The number of carbonyl (C=O) groups excluding carboxylic acids is 2. The highest BCUT2D eigenvalue weighted by molar-refractivity contribution is 7.89. The van der Waals surface area contributed by atoms with Crippen molar-refractivity contribution in [2.75, 3.05) is 31.3 Å². The Morgan fingerprint density at radius 2 is 2.04 bits per heavy atom. The average Bonchev–Trinajstić information content (AvgIpc) is 3.11. The lowest BCUT2D eigenvalue weighted by molar-refractivity contribution is -0.150. The molecule has 9 heteroatoms. The van der Waals surface area contributed by atoms with Crippen LogP contribution in [0.1, 0.15) is 26.2 Å². The van der Waals surface area contributed by atoms with Crippen LogP contribution in [-0.4, -0.2) is 56.7 Å². The van der Waals surface area contributed by atoms with E-state index in [9.17, 15) is 18.0 Å². The third-order valence-corrected chi connectivity index (χ3v) is 6.10. The lowest BCUT2D eigenvalue weighted by Gasteiger charge is -2.22. The van der Waals surface area contributed by atoms with Gasteiger partial charge in [-0.2, -0.15) is 4.31 Å². The molecule has 1 aromatic rings. The Balaban J connectivity index is 1.92. The standard InChI is InChI=1S/C17H24N2O6S/c1-3-11-26(22,23)19-10-6-8-14(19)17(21)25-12-16(20)18-13-7-4-5-9-15(13)24-2/h4-5,7,9,14H,3,6,8,10-12H2,1-2H3,(H,18,20). The molecule has 1 unspecified atom stereocenters. The summed E-state index contributed by atoms with van der Waals surface area (Å²) < 4.78 is 35.8. The maximum Gasteiger partial charge on any atom is 0.324 e. The van der Waals surface area contributed by atoms with Gasteiger partial charge in [0, 0.05) is 6.54 Å². The van der Waals surface area contributed by atoms with Crippen molar-refractivity contribution in [3.05, 3.63) is 24.3 Å². The van der Waals surface area contributed by atoms with Crippen LogP contribution in [0.25, 0.3) is 0 Å². The van der Waals surface area contributed by atoms with E-state index >= 15 is 0 Å². The fraction of sp³-hybridized carbons (Fsp3) is 0.529. The molecular formula is C17H24N2O6S. The van der Waals surface area contributed by atoms with Crippen LogP contribution in [0.4, 0.5) is 5.69 Å². The van der Waals surface area contributed by atoms with Gasteiger partial charge in [0.1, 0.15) is 11.8 Å². The molecule has 0 aliphatic carbocycles. The summed E-state index contributed by atoms with van der Waals surface area (Å²) in [6.07, 6.45) is 1.47. The minimum atomic E-state index is -3.48. The molecule has 2 rings (SSSR count). The van der Waals surface area contributed by atoms with E-state index < -0.39 is 34.5 Å². The molecule has 1 aromatic carbocycles. The van der Waals surface area contributed by atoms with Crippen LogP contribution in [0.3, 0.4) is 0 Å². The van der Waals surface area contributed by atoms with Crippen LogP contribution in [0.2, 0.25) is 0 Å². The first-order valence-electron chi connectivity index (χ1n) is 8.48. The van der Waals surface area contributed by atoms with Crippen LogP contribution in [0, 0.1) is 0 Å². The number of hydrogen-bond donors (Lipinski definition) is 1. The summed E-state index contributed by atoms with van der Waals surface area (Å²) in [5, 5.41) is 2.60. The number of nitrogens with one attached hydrogen (secondary N) is 1. The van der Waals surface area contributed by atoms with Crippen molar-refractivity contribution in [1.29, 1.82) is 0 Å². The number of rotatable bonds is 8. The Morgan fingerprint density at radius 3 is 2.73 bits per heavy atom. The summed E-state index contributed by atoms with van der Waals surface area (Å²) in [6.45, 7) is 1.58. The molecule has 1 atom stereocenters. The third kappa shape index (κ3) is 4.95. The van der Waals surface area contributed by atoms with Gasteiger partial charge >= 0.3 is 5.97 Å². The fourth-order valence-corrected chi connectivity index (χ4v) is 4.59. The summed E-state index contributed by atoms with van der Waals surface area (Å²) in [5.74, 6) is -0.744. The number of methoxy groups -OCH3 is 1. The molecule has 144 valence electrons. The predicted octanol–water partition coefficient (Wildman–Crippen LogP) is 1.38. The smallest absolute Gasteiger partial charge is 0.324 e. The Labute approximate surface area is 153 Å². The van der Waals surface area contributed by atoms with E-state index in [-0.39, 0.29) is 5.75 Å². The largest absolute Gasteiger partial charge is 0.495 e. The van der Waals surface area contributed by atoms with Crippen molar-refractivity contribution in [2.24, 2.45) is 0 Å².